The summed E-state index contributed by atoms with van der Waals surface area (Å²) in [6.07, 6.45) is 0. The summed E-state index contributed by atoms with van der Waals surface area (Å²) in [4.78, 5) is 0.983. The molecule has 0 spiro atoms. The summed E-state index contributed by atoms with van der Waals surface area (Å²) < 4.78 is 2.14. The van der Waals surface area contributed by atoms with Crippen LogP contribution in [-0.2, 0) is 0 Å². The maximum atomic E-state index is 4.45. The van der Waals surface area contributed by atoms with Gasteiger partial charge in [-0.25, -0.2) is 0 Å². The molecule has 0 unspecified atom stereocenters. The molecule has 0 nitrogen and oxygen atoms in total. The molecule has 2 rings (SSSR count). The van der Waals surface area contributed by atoms with Crippen molar-refractivity contribution >= 4 is 44.5 Å². The van der Waals surface area contributed by atoms with Crippen LogP contribution in [0.4, 0.5) is 0 Å². The monoisotopic (exact) mass is 342 g/mol. The summed E-state index contributed by atoms with van der Waals surface area (Å²) in [5, 5.41) is 0. The van der Waals surface area contributed by atoms with Crippen LogP contribution in [0.25, 0.3) is 11.1 Å². The van der Waals surface area contributed by atoms with Gasteiger partial charge in [0.05, 0.1) is 0 Å². The number of hydrogen-bond acceptors (Lipinski definition) is 1. The third-order valence-electron chi connectivity index (χ3n) is 2.09. The van der Waals surface area contributed by atoms with E-state index in [2.05, 4.69) is 62.7 Å². The van der Waals surface area contributed by atoms with Crippen LogP contribution in [-0.4, -0.2) is 0 Å². The number of hydrogen-bond donors (Lipinski definition) is 1. The van der Waals surface area contributed by atoms with Crippen molar-refractivity contribution in [3.05, 3.63) is 51.4 Å². The van der Waals surface area contributed by atoms with E-state index < -0.39 is 0 Å². The Bertz CT molecular complexity index is 495. The van der Waals surface area contributed by atoms with Crippen LogP contribution in [0.5, 0.6) is 0 Å². The minimum Gasteiger partial charge on any atom is -0.143 e. The number of rotatable bonds is 1. The van der Waals surface area contributed by atoms with Gasteiger partial charge in [0, 0.05) is 13.8 Å². The normalized spacial score (nSPS) is 10.3. The van der Waals surface area contributed by atoms with Gasteiger partial charge in [-0.15, -0.1) is 12.6 Å². The second-order valence-corrected chi connectivity index (χ2v) is 5.48. The molecule has 2 aromatic carbocycles. The largest absolute Gasteiger partial charge is 0.143 e. The fraction of sp³-hybridized carbons (Fsp3) is 0. The van der Waals surface area contributed by atoms with Crippen molar-refractivity contribution in [2.24, 2.45) is 0 Å². The van der Waals surface area contributed by atoms with Gasteiger partial charge < -0.3 is 0 Å². The van der Waals surface area contributed by atoms with E-state index in [0.717, 1.165) is 25.0 Å². The van der Waals surface area contributed by atoms with E-state index in [9.17, 15) is 0 Å². The number of thiol groups is 1. The average Bonchev–Trinajstić information content (AvgIpc) is 2.22. The molecule has 0 saturated heterocycles. The summed E-state index contributed by atoms with van der Waals surface area (Å²) in [7, 11) is 0. The van der Waals surface area contributed by atoms with Crippen molar-refractivity contribution < 1.29 is 0 Å². The van der Waals surface area contributed by atoms with Crippen molar-refractivity contribution in [2.45, 2.75) is 4.90 Å². The zero-order valence-electron chi connectivity index (χ0n) is 7.74. The molecule has 76 valence electrons. The fourth-order valence-corrected chi connectivity index (χ4v) is 2.42. The first kappa shape index (κ1) is 11.2. The first-order chi connectivity index (χ1) is 7.16. The van der Waals surface area contributed by atoms with E-state index in [1.165, 1.54) is 0 Å². The Hall–Kier alpha value is -0.250. The molecule has 0 aliphatic heterocycles. The minimum atomic E-state index is 0.983. The molecular formula is C12H8Br2S. The molecular weight excluding hydrogens is 336 g/mol. The van der Waals surface area contributed by atoms with Crippen LogP contribution in [0, 0.1) is 0 Å². The molecule has 0 heterocycles. The highest BCUT2D eigenvalue weighted by molar-refractivity contribution is 9.10. The number of benzene rings is 2. The smallest absolute Gasteiger partial charge is 0.0182 e. The Balaban J connectivity index is 2.58. The van der Waals surface area contributed by atoms with Gasteiger partial charge in [0.2, 0.25) is 0 Å². The predicted octanol–water partition coefficient (Wildman–Crippen LogP) is 5.17. The molecule has 0 saturated carbocycles. The van der Waals surface area contributed by atoms with Crippen LogP contribution in [0.1, 0.15) is 0 Å². The second-order valence-electron chi connectivity index (χ2n) is 3.17. The molecule has 0 amide bonds. The molecule has 0 aromatic heterocycles. The maximum Gasteiger partial charge on any atom is 0.0182 e. The zero-order chi connectivity index (χ0) is 10.8. The van der Waals surface area contributed by atoms with Gasteiger partial charge in [-0.2, -0.15) is 0 Å². The van der Waals surface area contributed by atoms with E-state index >= 15 is 0 Å². The van der Waals surface area contributed by atoms with Crippen molar-refractivity contribution in [3.63, 3.8) is 0 Å². The molecule has 0 radical (unpaired) electrons. The number of halogens is 2. The first-order valence-electron chi connectivity index (χ1n) is 4.41. The maximum absolute atomic E-state index is 4.45. The van der Waals surface area contributed by atoms with E-state index in [1.807, 2.05) is 24.3 Å². The lowest BCUT2D eigenvalue weighted by molar-refractivity contribution is 1.43. The topological polar surface area (TPSA) is 0 Å². The van der Waals surface area contributed by atoms with Gasteiger partial charge in [0.15, 0.2) is 0 Å². The highest BCUT2D eigenvalue weighted by atomic mass is 79.9. The van der Waals surface area contributed by atoms with Gasteiger partial charge in [-0.3, -0.25) is 0 Å². The second kappa shape index (κ2) is 4.73. The Morgan fingerprint density at radius 1 is 0.867 bits per heavy atom. The van der Waals surface area contributed by atoms with Gasteiger partial charge in [0.25, 0.3) is 0 Å². The van der Waals surface area contributed by atoms with Crippen LogP contribution >= 0.6 is 44.5 Å². The third-order valence-corrected chi connectivity index (χ3v) is 3.47. The average molecular weight is 344 g/mol. The van der Waals surface area contributed by atoms with Crippen molar-refractivity contribution in [1.29, 1.82) is 0 Å². The summed E-state index contributed by atoms with van der Waals surface area (Å²) in [5.74, 6) is 0. The lowest BCUT2D eigenvalue weighted by Gasteiger charge is -2.06. The van der Waals surface area contributed by atoms with E-state index in [1.54, 1.807) is 0 Å². The molecule has 0 N–H and O–H groups in total. The van der Waals surface area contributed by atoms with Crippen LogP contribution in [0.3, 0.4) is 0 Å². The predicted molar refractivity (Wildman–Crippen MR) is 74.5 cm³/mol. The molecule has 0 aliphatic rings. The summed E-state index contributed by atoms with van der Waals surface area (Å²) in [6.45, 7) is 0. The van der Waals surface area contributed by atoms with Crippen molar-refractivity contribution in [1.82, 2.24) is 0 Å². The Morgan fingerprint density at radius 2 is 1.60 bits per heavy atom. The van der Waals surface area contributed by atoms with E-state index in [0.29, 0.717) is 0 Å². The lowest BCUT2D eigenvalue weighted by Crippen LogP contribution is -1.80. The molecule has 0 bridgehead atoms. The van der Waals surface area contributed by atoms with Gasteiger partial charge in [0.1, 0.15) is 0 Å². The van der Waals surface area contributed by atoms with Gasteiger partial charge in [-0.1, -0.05) is 44.0 Å². The van der Waals surface area contributed by atoms with Gasteiger partial charge in [-0.05, 0) is 41.5 Å². The Morgan fingerprint density at radius 3 is 2.33 bits per heavy atom. The molecule has 0 atom stereocenters. The highest BCUT2D eigenvalue weighted by Gasteiger charge is 2.03. The summed E-state index contributed by atoms with van der Waals surface area (Å²) in [5.41, 5.74) is 2.30. The first-order valence-corrected chi connectivity index (χ1v) is 6.44. The van der Waals surface area contributed by atoms with Crippen LogP contribution < -0.4 is 0 Å². The molecule has 0 aliphatic carbocycles. The van der Waals surface area contributed by atoms with Crippen molar-refractivity contribution in [3.8, 4) is 11.1 Å². The Labute approximate surface area is 111 Å². The quantitative estimate of drug-likeness (QED) is 0.678. The third kappa shape index (κ3) is 2.65. The van der Waals surface area contributed by atoms with Crippen LogP contribution in [0.2, 0.25) is 0 Å². The molecule has 3 heteroatoms. The van der Waals surface area contributed by atoms with E-state index in [4.69, 9.17) is 0 Å². The summed E-state index contributed by atoms with van der Waals surface area (Å²) in [6, 6.07) is 14.2. The Kier molecular flexibility index (Phi) is 3.54. The molecule has 2 aromatic rings. The minimum absolute atomic E-state index is 0.983. The molecule has 15 heavy (non-hydrogen) atoms. The van der Waals surface area contributed by atoms with Gasteiger partial charge >= 0.3 is 0 Å². The fourth-order valence-electron chi connectivity index (χ4n) is 1.40. The standard InChI is InChI=1S/C12H8Br2S/c13-9-3-1-2-8(6-9)11-7-10(14)4-5-12(11)15/h1-7,15H. The molecule has 0 fully saturated rings. The van der Waals surface area contributed by atoms with E-state index in [-0.39, 0.29) is 0 Å². The SMILES string of the molecule is Sc1ccc(Br)cc1-c1cccc(Br)c1. The zero-order valence-corrected chi connectivity index (χ0v) is 11.8. The van der Waals surface area contributed by atoms with Crippen molar-refractivity contribution in [2.75, 3.05) is 0 Å². The van der Waals surface area contributed by atoms with Crippen LogP contribution in [0.15, 0.2) is 56.3 Å². The highest BCUT2D eigenvalue weighted by Crippen LogP contribution is 2.30. The summed E-state index contributed by atoms with van der Waals surface area (Å²) >= 11 is 11.4. The lowest BCUT2D eigenvalue weighted by atomic mass is 10.1.